The molecule has 0 unspecified atom stereocenters. The molecule has 0 aromatic heterocycles. The van der Waals surface area contributed by atoms with Crippen molar-refractivity contribution < 1.29 is 9.90 Å². The number of fused-ring (bicyclic) bond motifs is 1. The lowest BCUT2D eigenvalue weighted by Gasteiger charge is -2.20. The summed E-state index contributed by atoms with van der Waals surface area (Å²) in [6.07, 6.45) is 2.02. The van der Waals surface area contributed by atoms with Gasteiger partial charge >= 0.3 is 0 Å². The highest BCUT2D eigenvalue weighted by Gasteiger charge is 2.47. The van der Waals surface area contributed by atoms with E-state index in [0.29, 0.717) is 11.8 Å². The maximum Gasteiger partial charge on any atom is 0.223 e. The summed E-state index contributed by atoms with van der Waals surface area (Å²) in [6, 6.07) is 0.0382. The minimum atomic E-state index is 0.0382. The van der Waals surface area contributed by atoms with E-state index in [4.69, 9.17) is 5.11 Å². The van der Waals surface area contributed by atoms with Crippen LogP contribution in [-0.2, 0) is 4.79 Å². The van der Waals surface area contributed by atoms with Crippen molar-refractivity contribution in [2.45, 2.75) is 18.9 Å². The van der Waals surface area contributed by atoms with E-state index in [-0.39, 0.29) is 18.6 Å². The molecule has 1 saturated heterocycles. The van der Waals surface area contributed by atoms with E-state index in [2.05, 4.69) is 5.32 Å². The summed E-state index contributed by atoms with van der Waals surface area (Å²) in [5.41, 5.74) is 0. The molecular formula is C7H11NO2. The van der Waals surface area contributed by atoms with Gasteiger partial charge in [-0.15, -0.1) is 0 Å². The number of nitrogens with one attached hydrogen (secondary N) is 1. The van der Waals surface area contributed by atoms with Gasteiger partial charge in [0.25, 0.3) is 0 Å². The monoisotopic (exact) mass is 141 g/mol. The van der Waals surface area contributed by atoms with Gasteiger partial charge < -0.3 is 10.4 Å². The standard InChI is InChI=1S/C7H11NO2/c9-3-5-1-4-2-6(4)7(10)8-5/h4-6,9H,1-3H2,(H,8,10)/t4-,5-,6+/m0/s1. The molecule has 1 aliphatic heterocycles. The molecule has 1 aliphatic carbocycles. The summed E-state index contributed by atoms with van der Waals surface area (Å²) < 4.78 is 0. The van der Waals surface area contributed by atoms with Crippen LogP contribution >= 0.6 is 0 Å². The molecule has 3 nitrogen and oxygen atoms in total. The van der Waals surface area contributed by atoms with Gasteiger partial charge in [0.05, 0.1) is 12.6 Å². The molecule has 2 aliphatic rings. The maximum absolute atomic E-state index is 11.0. The first kappa shape index (κ1) is 6.16. The van der Waals surface area contributed by atoms with Crippen molar-refractivity contribution in [2.24, 2.45) is 11.8 Å². The van der Waals surface area contributed by atoms with Crippen LogP contribution in [0.5, 0.6) is 0 Å². The SMILES string of the molecule is O=C1N[C@H](CO)C[C@H]2C[C@@H]12. The molecule has 0 spiro atoms. The Bertz CT molecular complexity index is 169. The van der Waals surface area contributed by atoms with Crippen molar-refractivity contribution in [3.05, 3.63) is 0 Å². The number of hydrogen-bond donors (Lipinski definition) is 2. The van der Waals surface area contributed by atoms with E-state index >= 15 is 0 Å². The predicted octanol–water partition coefficient (Wildman–Crippen LogP) is -0.497. The summed E-state index contributed by atoms with van der Waals surface area (Å²) >= 11 is 0. The summed E-state index contributed by atoms with van der Waals surface area (Å²) in [4.78, 5) is 11.0. The van der Waals surface area contributed by atoms with Gasteiger partial charge in [0, 0.05) is 5.92 Å². The van der Waals surface area contributed by atoms with Crippen molar-refractivity contribution in [3.8, 4) is 0 Å². The molecule has 0 aromatic rings. The summed E-state index contributed by atoms with van der Waals surface area (Å²) in [7, 11) is 0. The Hall–Kier alpha value is -0.570. The number of amides is 1. The average molecular weight is 141 g/mol. The zero-order valence-electron chi connectivity index (χ0n) is 5.71. The van der Waals surface area contributed by atoms with E-state index in [1.165, 1.54) is 0 Å². The van der Waals surface area contributed by atoms with Crippen LogP contribution < -0.4 is 5.32 Å². The smallest absolute Gasteiger partial charge is 0.223 e. The molecule has 1 heterocycles. The number of carbonyl (C=O) groups excluding carboxylic acids is 1. The lowest BCUT2D eigenvalue weighted by molar-refractivity contribution is -0.125. The predicted molar refractivity (Wildman–Crippen MR) is 35.2 cm³/mol. The van der Waals surface area contributed by atoms with Crippen LogP contribution in [0, 0.1) is 11.8 Å². The number of carbonyl (C=O) groups is 1. The topological polar surface area (TPSA) is 49.3 Å². The van der Waals surface area contributed by atoms with Gasteiger partial charge in [-0.05, 0) is 18.8 Å². The van der Waals surface area contributed by atoms with Gasteiger partial charge in [0.2, 0.25) is 5.91 Å². The molecule has 10 heavy (non-hydrogen) atoms. The normalized spacial score (nSPS) is 44.1. The summed E-state index contributed by atoms with van der Waals surface area (Å²) in [5, 5.41) is 11.5. The molecule has 0 bridgehead atoms. The Balaban J connectivity index is 1.99. The molecule has 3 atom stereocenters. The van der Waals surface area contributed by atoms with Crippen LogP contribution in [0.4, 0.5) is 0 Å². The maximum atomic E-state index is 11.0. The van der Waals surface area contributed by atoms with E-state index in [1.807, 2.05) is 0 Å². The second-order valence-corrected chi connectivity index (χ2v) is 3.23. The average Bonchev–Trinajstić information content (AvgIpc) is 2.66. The number of aliphatic hydroxyl groups is 1. The molecule has 1 saturated carbocycles. The third kappa shape index (κ3) is 0.814. The zero-order chi connectivity index (χ0) is 7.14. The number of rotatable bonds is 1. The zero-order valence-corrected chi connectivity index (χ0v) is 5.71. The molecule has 2 rings (SSSR count). The fourth-order valence-electron chi connectivity index (χ4n) is 1.68. The van der Waals surface area contributed by atoms with Crippen LogP contribution in [0.25, 0.3) is 0 Å². The van der Waals surface area contributed by atoms with Crippen molar-refractivity contribution in [1.82, 2.24) is 5.32 Å². The van der Waals surface area contributed by atoms with E-state index in [1.54, 1.807) is 0 Å². The summed E-state index contributed by atoms with van der Waals surface area (Å²) in [6.45, 7) is 0.0922. The fourth-order valence-corrected chi connectivity index (χ4v) is 1.68. The van der Waals surface area contributed by atoms with Crippen LogP contribution in [0.2, 0.25) is 0 Å². The van der Waals surface area contributed by atoms with Gasteiger partial charge in [-0.3, -0.25) is 4.79 Å². The Morgan fingerprint density at radius 1 is 1.60 bits per heavy atom. The molecular weight excluding hydrogens is 130 g/mol. The number of hydrogen-bond acceptors (Lipinski definition) is 2. The van der Waals surface area contributed by atoms with Crippen LogP contribution in [0.1, 0.15) is 12.8 Å². The Kier molecular flexibility index (Phi) is 1.20. The van der Waals surface area contributed by atoms with Crippen molar-refractivity contribution in [3.63, 3.8) is 0 Å². The third-order valence-corrected chi connectivity index (χ3v) is 2.41. The van der Waals surface area contributed by atoms with E-state index in [0.717, 1.165) is 12.8 Å². The van der Waals surface area contributed by atoms with Gasteiger partial charge in [-0.1, -0.05) is 0 Å². The Morgan fingerprint density at radius 3 is 3.00 bits per heavy atom. The van der Waals surface area contributed by atoms with Crippen molar-refractivity contribution >= 4 is 5.91 Å². The molecule has 2 fully saturated rings. The van der Waals surface area contributed by atoms with Gasteiger partial charge in [-0.2, -0.15) is 0 Å². The van der Waals surface area contributed by atoms with Gasteiger partial charge in [-0.25, -0.2) is 0 Å². The second kappa shape index (κ2) is 1.95. The Labute approximate surface area is 59.4 Å². The van der Waals surface area contributed by atoms with Crippen LogP contribution in [0.15, 0.2) is 0 Å². The minimum Gasteiger partial charge on any atom is -0.394 e. The second-order valence-electron chi connectivity index (χ2n) is 3.23. The van der Waals surface area contributed by atoms with Crippen LogP contribution in [-0.4, -0.2) is 23.7 Å². The Morgan fingerprint density at radius 2 is 2.40 bits per heavy atom. The quantitative estimate of drug-likeness (QED) is 0.517. The van der Waals surface area contributed by atoms with E-state index in [9.17, 15) is 4.79 Å². The van der Waals surface area contributed by atoms with Gasteiger partial charge in [0.15, 0.2) is 0 Å². The van der Waals surface area contributed by atoms with Crippen molar-refractivity contribution in [1.29, 1.82) is 0 Å². The van der Waals surface area contributed by atoms with Gasteiger partial charge in [0.1, 0.15) is 0 Å². The highest BCUT2D eigenvalue weighted by atomic mass is 16.3. The lowest BCUT2D eigenvalue weighted by Crippen LogP contribution is -2.42. The molecule has 56 valence electrons. The summed E-state index contributed by atoms with van der Waals surface area (Å²) in [5.74, 6) is 1.03. The third-order valence-electron chi connectivity index (χ3n) is 2.41. The molecule has 0 radical (unpaired) electrons. The van der Waals surface area contributed by atoms with Crippen molar-refractivity contribution in [2.75, 3.05) is 6.61 Å². The lowest BCUT2D eigenvalue weighted by atomic mass is 10.1. The van der Waals surface area contributed by atoms with Crippen LogP contribution in [0.3, 0.4) is 0 Å². The number of aliphatic hydroxyl groups excluding tert-OH is 1. The molecule has 0 aromatic carbocycles. The minimum absolute atomic E-state index is 0.0382. The first-order valence-corrected chi connectivity index (χ1v) is 3.72. The molecule has 3 heteroatoms. The fraction of sp³-hybridized carbons (Fsp3) is 0.857. The van der Waals surface area contributed by atoms with E-state index < -0.39 is 0 Å². The highest BCUT2D eigenvalue weighted by Crippen LogP contribution is 2.44. The largest absolute Gasteiger partial charge is 0.394 e. The molecule has 1 amide bonds. The number of piperidine rings is 1. The first-order chi connectivity index (χ1) is 4.81. The first-order valence-electron chi connectivity index (χ1n) is 3.72. The highest BCUT2D eigenvalue weighted by molar-refractivity contribution is 5.82. The molecule has 2 N–H and O–H groups in total.